The molecule has 4 heteroatoms. The van der Waals surface area contributed by atoms with Gasteiger partial charge in [-0.1, -0.05) is 22.5 Å². The molecular formula is C8H11BrN2S. The number of nitrogens with zero attached hydrogens (tertiary/aromatic N) is 1. The van der Waals surface area contributed by atoms with Crippen molar-refractivity contribution in [3.63, 3.8) is 0 Å². The molecule has 0 bridgehead atoms. The Hall–Kier alpha value is -0.190. The van der Waals surface area contributed by atoms with Crippen LogP contribution in [0.15, 0.2) is 16.4 Å². The van der Waals surface area contributed by atoms with Crippen molar-refractivity contribution in [2.75, 3.05) is 6.54 Å². The van der Waals surface area contributed by atoms with Crippen LogP contribution >= 0.6 is 27.3 Å². The molecule has 0 saturated heterocycles. The van der Waals surface area contributed by atoms with Crippen LogP contribution in [0.5, 0.6) is 0 Å². The van der Waals surface area contributed by atoms with Crippen molar-refractivity contribution in [1.29, 1.82) is 0 Å². The van der Waals surface area contributed by atoms with E-state index >= 15 is 0 Å². The lowest BCUT2D eigenvalue weighted by atomic mass is 10.4. The van der Waals surface area contributed by atoms with Crippen molar-refractivity contribution in [3.05, 3.63) is 27.1 Å². The predicted molar refractivity (Wildman–Crippen MR) is 56.6 cm³/mol. The number of halogens is 1. The Balaban J connectivity index is 2.29. The first kappa shape index (κ1) is 9.89. The molecule has 0 aliphatic heterocycles. The van der Waals surface area contributed by atoms with Gasteiger partial charge in [-0.05, 0) is 6.92 Å². The molecule has 1 aromatic rings. The molecule has 0 aliphatic rings. The van der Waals surface area contributed by atoms with Gasteiger partial charge in [-0.15, -0.1) is 11.3 Å². The average molecular weight is 247 g/mol. The lowest BCUT2D eigenvalue weighted by Gasteiger charge is -1.99. The molecule has 1 N–H and O–H groups in total. The van der Waals surface area contributed by atoms with Gasteiger partial charge in [0.15, 0.2) is 0 Å². The molecule has 0 radical (unpaired) electrons. The Morgan fingerprint density at radius 1 is 1.83 bits per heavy atom. The van der Waals surface area contributed by atoms with E-state index in [1.54, 1.807) is 11.3 Å². The van der Waals surface area contributed by atoms with Crippen LogP contribution in [0.2, 0.25) is 0 Å². The summed E-state index contributed by atoms with van der Waals surface area (Å²) in [5.74, 6) is 0. The van der Waals surface area contributed by atoms with E-state index < -0.39 is 0 Å². The second kappa shape index (κ2) is 4.74. The third kappa shape index (κ3) is 3.47. The van der Waals surface area contributed by atoms with Gasteiger partial charge in [-0.2, -0.15) is 0 Å². The van der Waals surface area contributed by atoms with Crippen LogP contribution in [0.3, 0.4) is 0 Å². The molecule has 0 atom stereocenters. The summed E-state index contributed by atoms with van der Waals surface area (Å²) < 4.78 is 0.967. The SMILES string of the molecule is C=C(Br)CNCc1csc(C)n1. The molecule has 0 fully saturated rings. The summed E-state index contributed by atoms with van der Waals surface area (Å²) in [7, 11) is 0. The summed E-state index contributed by atoms with van der Waals surface area (Å²) in [6, 6.07) is 0. The lowest BCUT2D eigenvalue weighted by molar-refractivity contribution is 0.741. The van der Waals surface area contributed by atoms with Crippen LogP contribution in [-0.2, 0) is 6.54 Å². The average Bonchev–Trinajstić information content (AvgIpc) is 2.35. The van der Waals surface area contributed by atoms with E-state index in [4.69, 9.17) is 0 Å². The number of aromatic nitrogens is 1. The second-order valence-electron chi connectivity index (χ2n) is 2.48. The van der Waals surface area contributed by atoms with Gasteiger partial charge in [-0.3, -0.25) is 0 Å². The van der Waals surface area contributed by atoms with E-state index in [1.165, 1.54) is 0 Å². The van der Waals surface area contributed by atoms with Gasteiger partial charge in [0.05, 0.1) is 10.7 Å². The first-order valence-electron chi connectivity index (χ1n) is 3.63. The van der Waals surface area contributed by atoms with Crippen LogP contribution in [0.1, 0.15) is 10.7 Å². The Morgan fingerprint density at radius 3 is 3.08 bits per heavy atom. The Kier molecular flexibility index (Phi) is 3.91. The van der Waals surface area contributed by atoms with Gasteiger partial charge in [0.2, 0.25) is 0 Å². The van der Waals surface area contributed by atoms with Gasteiger partial charge in [0.25, 0.3) is 0 Å². The first-order chi connectivity index (χ1) is 5.68. The number of rotatable bonds is 4. The summed E-state index contributed by atoms with van der Waals surface area (Å²) in [6.45, 7) is 7.34. The molecule has 0 aliphatic carbocycles. The Labute approximate surface area is 84.8 Å². The summed E-state index contributed by atoms with van der Waals surface area (Å²) in [6.07, 6.45) is 0. The molecule has 0 aromatic carbocycles. The highest BCUT2D eigenvalue weighted by Gasteiger charge is 1.96. The van der Waals surface area contributed by atoms with Crippen LogP contribution in [0.25, 0.3) is 0 Å². The third-order valence-electron chi connectivity index (χ3n) is 1.29. The monoisotopic (exact) mass is 246 g/mol. The molecule has 1 heterocycles. The van der Waals surface area contributed by atoms with Gasteiger partial charge in [0, 0.05) is 23.0 Å². The number of nitrogens with one attached hydrogen (secondary N) is 1. The van der Waals surface area contributed by atoms with E-state index in [9.17, 15) is 0 Å². The summed E-state index contributed by atoms with van der Waals surface area (Å²) in [5, 5.41) is 6.40. The first-order valence-corrected chi connectivity index (χ1v) is 5.31. The predicted octanol–water partition coefficient (Wildman–Crippen LogP) is 2.45. The molecule has 1 aromatic heterocycles. The van der Waals surface area contributed by atoms with Crippen molar-refractivity contribution >= 4 is 27.3 Å². The van der Waals surface area contributed by atoms with E-state index in [0.717, 1.165) is 28.3 Å². The second-order valence-corrected chi connectivity index (χ2v) is 4.66. The van der Waals surface area contributed by atoms with Crippen LogP contribution in [0, 0.1) is 6.92 Å². The Morgan fingerprint density at radius 2 is 2.58 bits per heavy atom. The van der Waals surface area contributed by atoms with Gasteiger partial charge in [-0.25, -0.2) is 4.98 Å². The number of thiazole rings is 1. The standard InChI is InChI=1S/C8H11BrN2S/c1-6(9)3-10-4-8-5-12-7(2)11-8/h5,10H,1,3-4H2,2H3. The minimum atomic E-state index is 0.788. The van der Waals surface area contributed by atoms with E-state index in [2.05, 4.69) is 38.2 Å². The van der Waals surface area contributed by atoms with Gasteiger partial charge >= 0.3 is 0 Å². The fraction of sp³-hybridized carbons (Fsp3) is 0.375. The van der Waals surface area contributed by atoms with Crippen molar-refractivity contribution in [1.82, 2.24) is 10.3 Å². The van der Waals surface area contributed by atoms with Crippen LogP contribution in [0.4, 0.5) is 0 Å². The third-order valence-corrected chi connectivity index (χ3v) is 2.39. The maximum atomic E-state index is 4.32. The van der Waals surface area contributed by atoms with Crippen molar-refractivity contribution in [2.24, 2.45) is 0 Å². The maximum absolute atomic E-state index is 4.32. The normalized spacial score (nSPS) is 10.2. The summed E-state index contributed by atoms with van der Waals surface area (Å²) in [4.78, 5) is 4.32. The maximum Gasteiger partial charge on any atom is 0.0897 e. The number of aryl methyl sites for hydroxylation is 1. The molecule has 0 saturated carbocycles. The van der Waals surface area contributed by atoms with Gasteiger partial charge in [0.1, 0.15) is 0 Å². The summed E-state index contributed by atoms with van der Waals surface area (Å²) in [5.41, 5.74) is 1.10. The topological polar surface area (TPSA) is 24.9 Å². The summed E-state index contributed by atoms with van der Waals surface area (Å²) >= 11 is 4.96. The van der Waals surface area contributed by atoms with E-state index in [-0.39, 0.29) is 0 Å². The number of hydrogen-bond acceptors (Lipinski definition) is 3. The smallest absolute Gasteiger partial charge is 0.0897 e. The quantitative estimate of drug-likeness (QED) is 0.883. The highest BCUT2D eigenvalue weighted by molar-refractivity contribution is 9.11. The van der Waals surface area contributed by atoms with Crippen LogP contribution < -0.4 is 5.32 Å². The largest absolute Gasteiger partial charge is 0.307 e. The molecule has 66 valence electrons. The molecular weight excluding hydrogens is 236 g/mol. The minimum absolute atomic E-state index is 0.788. The Bertz CT molecular complexity index is 270. The molecule has 0 amide bonds. The lowest BCUT2D eigenvalue weighted by Crippen LogP contribution is -2.14. The highest BCUT2D eigenvalue weighted by atomic mass is 79.9. The zero-order chi connectivity index (χ0) is 8.97. The van der Waals surface area contributed by atoms with Crippen molar-refractivity contribution < 1.29 is 0 Å². The zero-order valence-corrected chi connectivity index (χ0v) is 9.33. The minimum Gasteiger partial charge on any atom is -0.307 e. The molecule has 2 nitrogen and oxygen atoms in total. The van der Waals surface area contributed by atoms with Crippen LogP contribution in [-0.4, -0.2) is 11.5 Å². The molecule has 0 spiro atoms. The zero-order valence-electron chi connectivity index (χ0n) is 6.93. The fourth-order valence-corrected chi connectivity index (χ4v) is 1.63. The van der Waals surface area contributed by atoms with Gasteiger partial charge < -0.3 is 5.32 Å². The molecule has 12 heavy (non-hydrogen) atoms. The van der Waals surface area contributed by atoms with E-state index in [1.807, 2.05) is 6.92 Å². The molecule has 0 unspecified atom stereocenters. The van der Waals surface area contributed by atoms with Crippen molar-refractivity contribution in [2.45, 2.75) is 13.5 Å². The fourth-order valence-electron chi connectivity index (χ4n) is 0.816. The highest BCUT2D eigenvalue weighted by Crippen LogP contribution is 2.07. The number of hydrogen-bond donors (Lipinski definition) is 1. The molecule has 1 rings (SSSR count). The van der Waals surface area contributed by atoms with Crippen molar-refractivity contribution in [3.8, 4) is 0 Å². The van der Waals surface area contributed by atoms with E-state index in [0.29, 0.717) is 0 Å².